The Morgan fingerprint density at radius 3 is 2.43 bits per heavy atom. The van der Waals surface area contributed by atoms with Crippen molar-refractivity contribution in [1.82, 2.24) is 4.98 Å². The first-order chi connectivity index (χ1) is 14.4. The van der Waals surface area contributed by atoms with Crippen LogP contribution in [-0.2, 0) is 0 Å². The molecule has 4 rings (SSSR count). The lowest BCUT2D eigenvalue weighted by Crippen LogP contribution is -2.47. The second kappa shape index (κ2) is 7.71. The van der Waals surface area contributed by atoms with E-state index in [-0.39, 0.29) is 11.6 Å². The summed E-state index contributed by atoms with van der Waals surface area (Å²) in [5.74, 6) is -0.980. The Hall–Kier alpha value is -3.53. The summed E-state index contributed by atoms with van der Waals surface area (Å²) < 4.78 is 28.6. The molecule has 7 heteroatoms. The molecule has 0 amide bonds. The number of aromatic nitrogens is 1. The van der Waals surface area contributed by atoms with Crippen LogP contribution in [0.15, 0.2) is 36.5 Å². The number of hydrogen-bond acceptors (Lipinski definition) is 5. The highest BCUT2D eigenvalue weighted by Crippen LogP contribution is 2.33. The summed E-state index contributed by atoms with van der Waals surface area (Å²) in [7, 11) is 0. The first-order valence-electron chi connectivity index (χ1n) is 9.68. The number of nitriles is 1. The van der Waals surface area contributed by atoms with Gasteiger partial charge in [0.05, 0.1) is 22.5 Å². The number of aryl methyl sites for hydroxylation is 1. The molecule has 2 heterocycles. The Bertz CT molecular complexity index is 1190. The minimum absolute atomic E-state index is 0.179. The summed E-state index contributed by atoms with van der Waals surface area (Å²) in [5, 5.41) is 10.2. The lowest BCUT2D eigenvalue weighted by Gasteiger charge is -2.38. The number of benzene rings is 2. The Kier molecular flexibility index (Phi) is 5.08. The van der Waals surface area contributed by atoms with E-state index in [0.717, 1.165) is 0 Å². The predicted molar refractivity (Wildman–Crippen MR) is 112 cm³/mol. The molecule has 30 heavy (non-hydrogen) atoms. The molecule has 1 fully saturated rings. The van der Waals surface area contributed by atoms with Crippen LogP contribution in [0.25, 0.3) is 10.9 Å². The summed E-state index contributed by atoms with van der Waals surface area (Å²) in [4.78, 5) is 19.7. The molecule has 1 aliphatic heterocycles. The lowest BCUT2D eigenvalue weighted by atomic mass is 10.0. The second-order valence-corrected chi connectivity index (χ2v) is 7.45. The van der Waals surface area contributed by atoms with E-state index >= 15 is 0 Å². The Morgan fingerprint density at radius 2 is 1.80 bits per heavy atom. The van der Waals surface area contributed by atoms with Gasteiger partial charge in [-0.05, 0) is 49.7 Å². The van der Waals surface area contributed by atoms with Gasteiger partial charge in [0, 0.05) is 43.3 Å². The minimum atomic E-state index is -0.430. The number of rotatable bonds is 3. The number of carbonyl (C=O) groups excluding carboxylic acids is 1. The summed E-state index contributed by atoms with van der Waals surface area (Å²) in [6.45, 7) is 5.33. The molecule has 0 N–H and O–H groups in total. The summed E-state index contributed by atoms with van der Waals surface area (Å²) in [6, 6.07) is 9.52. The quantitative estimate of drug-likeness (QED) is 0.610. The minimum Gasteiger partial charge on any atom is -0.366 e. The zero-order valence-electron chi connectivity index (χ0n) is 16.7. The number of fused-ring (bicyclic) bond motifs is 1. The van der Waals surface area contributed by atoms with Gasteiger partial charge in [-0.25, -0.2) is 8.78 Å². The van der Waals surface area contributed by atoms with Gasteiger partial charge < -0.3 is 9.80 Å². The number of halogens is 2. The molecule has 0 saturated carbocycles. The molecule has 1 aromatic heterocycles. The van der Waals surface area contributed by atoms with Crippen molar-refractivity contribution < 1.29 is 13.6 Å². The van der Waals surface area contributed by atoms with E-state index in [1.54, 1.807) is 19.1 Å². The maximum atomic E-state index is 14.5. The molecule has 0 bridgehead atoms. The highest BCUT2D eigenvalue weighted by Gasteiger charge is 2.24. The average molecular weight is 406 g/mol. The van der Waals surface area contributed by atoms with Gasteiger partial charge in [-0.15, -0.1) is 0 Å². The maximum Gasteiger partial charge on any atom is 0.159 e. The number of carbonyl (C=O) groups is 1. The molecule has 3 aromatic rings. The second-order valence-electron chi connectivity index (χ2n) is 7.45. The van der Waals surface area contributed by atoms with Crippen LogP contribution < -0.4 is 9.80 Å². The molecule has 5 nitrogen and oxygen atoms in total. The van der Waals surface area contributed by atoms with E-state index in [2.05, 4.69) is 11.1 Å². The fraction of sp³-hybridized carbons (Fsp3) is 0.261. The molecule has 0 spiro atoms. The Morgan fingerprint density at radius 1 is 1.10 bits per heavy atom. The number of nitrogens with zero attached hydrogens (tertiary/aromatic N) is 4. The van der Waals surface area contributed by atoms with Crippen LogP contribution in [-0.4, -0.2) is 36.9 Å². The third-order valence-corrected chi connectivity index (χ3v) is 5.51. The van der Waals surface area contributed by atoms with Crippen LogP contribution >= 0.6 is 0 Å². The van der Waals surface area contributed by atoms with Crippen LogP contribution in [0.1, 0.15) is 28.4 Å². The molecule has 0 atom stereocenters. The number of Topliss-reactive ketones (excluding diaryl/α,β-unsaturated/α-hetero) is 1. The van der Waals surface area contributed by atoms with Crippen molar-refractivity contribution in [2.75, 3.05) is 36.0 Å². The molecular weight excluding hydrogens is 386 g/mol. The van der Waals surface area contributed by atoms with Gasteiger partial charge in [-0.2, -0.15) is 5.26 Å². The van der Waals surface area contributed by atoms with Crippen molar-refractivity contribution in [3.05, 3.63) is 64.9 Å². The van der Waals surface area contributed by atoms with E-state index in [9.17, 15) is 18.8 Å². The zero-order valence-corrected chi connectivity index (χ0v) is 16.7. The molecule has 1 saturated heterocycles. The van der Waals surface area contributed by atoms with Gasteiger partial charge in [0.25, 0.3) is 0 Å². The molecule has 152 valence electrons. The first kappa shape index (κ1) is 19.8. The largest absolute Gasteiger partial charge is 0.366 e. The van der Waals surface area contributed by atoms with E-state index in [1.807, 2.05) is 9.80 Å². The maximum absolute atomic E-state index is 14.5. The van der Waals surface area contributed by atoms with Crippen molar-refractivity contribution in [1.29, 1.82) is 5.26 Å². The summed E-state index contributed by atoms with van der Waals surface area (Å²) in [5.41, 5.74) is 3.21. The normalized spacial score (nSPS) is 14.1. The van der Waals surface area contributed by atoms with Gasteiger partial charge in [0.1, 0.15) is 17.7 Å². The van der Waals surface area contributed by atoms with Crippen molar-refractivity contribution >= 4 is 28.1 Å². The van der Waals surface area contributed by atoms with Crippen molar-refractivity contribution in [2.24, 2.45) is 0 Å². The van der Waals surface area contributed by atoms with Crippen LogP contribution in [0.3, 0.4) is 0 Å². The standard InChI is InChI=1S/C23H20F2N4O/c1-14-9-18(24)11-19-22(14)27-13-17(12-26)23(19)29-7-5-28(6-8-29)21-4-3-16(15(2)30)10-20(21)25/h3-4,9-11,13H,5-8H2,1-2H3. The SMILES string of the molecule is CC(=O)c1ccc(N2CCN(c3c(C#N)cnc4c(C)cc(F)cc34)CC2)c(F)c1. The zero-order chi connectivity index (χ0) is 21.4. The third-order valence-electron chi connectivity index (χ3n) is 5.51. The highest BCUT2D eigenvalue weighted by molar-refractivity contribution is 5.96. The predicted octanol–water partition coefficient (Wildman–Crippen LogP) is 4.22. The van der Waals surface area contributed by atoms with Gasteiger partial charge in [-0.1, -0.05) is 0 Å². The fourth-order valence-corrected chi connectivity index (χ4v) is 4.00. The van der Waals surface area contributed by atoms with Crippen LogP contribution in [0.2, 0.25) is 0 Å². The Labute approximate surface area is 173 Å². The monoisotopic (exact) mass is 406 g/mol. The first-order valence-corrected chi connectivity index (χ1v) is 9.68. The number of pyridine rings is 1. The lowest BCUT2D eigenvalue weighted by molar-refractivity contribution is 0.101. The topological polar surface area (TPSA) is 60.2 Å². The Balaban J connectivity index is 1.64. The molecule has 0 aliphatic carbocycles. The summed E-state index contributed by atoms with van der Waals surface area (Å²) >= 11 is 0. The third kappa shape index (κ3) is 3.45. The number of ketones is 1. The summed E-state index contributed by atoms with van der Waals surface area (Å²) in [6.07, 6.45) is 1.52. The van der Waals surface area contributed by atoms with Gasteiger partial charge >= 0.3 is 0 Å². The van der Waals surface area contributed by atoms with Gasteiger partial charge in [0.15, 0.2) is 5.78 Å². The molecule has 0 unspecified atom stereocenters. The van der Waals surface area contributed by atoms with Gasteiger partial charge in [0.2, 0.25) is 0 Å². The molecular formula is C23H20F2N4O. The van der Waals surface area contributed by atoms with E-state index in [0.29, 0.717) is 65.1 Å². The number of piperazine rings is 1. The average Bonchev–Trinajstić information content (AvgIpc) is 2.73. The number of hydrogen-bond donors (Lipinski definition) is 0. The van der Waals surface area contributed by atoms with Crippen molar-refractivity contribution in [2.45, 2.75) is 13.8 Å². The molecule has 1 aliphatic rings. The van der Waals surface area contributed by atoms with E-state index in [1.165, 1.54) is 31.3 Å². The fourth-order valence-electron chi connectivity index (χ4n) is 4.00. The van der Waals surface area contributed by atoms with Gasteiger partial charge in [-0.3, -0.25) is 9.78 Å². The highest BCUT2D eigenvalue weighted by atomic mass is 19.1. The van der Waals surface area contributed by atoms with Crippen LogP contribution in [0.4, 0.5) is 20.2 Å². The number of anilines is 2. The molecule has 2 aromatic carbocycles. The smallest absolute Gasteiger partial charge is 0.159 e. The van der Waals surface area contributed by atoms with Crippen molar-refractivity contribution in [3.8, 4) is 6.07 Å². The van der Waals surface area contributed by atoms with Crippen molar-refractivity contribution in [3.63, 3.8) is 0 Å². The van der Waals surface area contributed by atoms with E-state index < -0.39 is 5.82 Å². The van der Waals surface area contributed by atoms with E-state index in [4.69, 9.17) is 0 Å². The van der Waals surface area contributed by atoms with Crippen LogP contribution in [0.5, 0.6) is 0 Å². The van der Waals surface area contributed by atoms with Crippen LogP contribution in [0, 0.1) is 29.9 Å². The molecule has 0 radical (unpaired) electrons.